The van der Waals surface area contributed by atoms with Crippen LogP contribution in [-0.4, -0.2) is 34.9 Å². The minimum atomic E-state index is 0.296. The molecule has 1 saturated heterocycles. The van der Waals surface area contributed by atoms with E-state index in [0.717, 1.165) is 55.2 Å². The van der Waals surface area contributed by atoms with Gasteiger partial charge in [-0.2, -0.15) is 0 Å². The molecule has 0 N–H and O–H groups in total. The SMILES string of the molecule is CC1=CN(c2ccccc2)N(Cc2ccccc2Cl)C1CCCN1CCCC1=O. The Morgan fingerprint density at radius 2 is 1.83 bits per heavy atom. The molecule has 152 valence electrons. The molecule has 1 atom stereocenters. The third kappa shape index (κ3) is 4.49. The van der Waals surface area contributed by atoms with Gasteiger partial charge < -0.3 is 4.90 Å². The van der Waals surface area contributed by atoms with E-state index in [9.17, 15) is 4.79 Å². The van der Waals surface area contributed by atoms with Gasteiger partial charge in [0.2, 0.25) is 5.91 Å². The molecule has 29 heavy (non-hydrogen) atoms. The predicted molar refractivity (Wildman–Crippen MR) is 119 cm³/mol. The van der Waals surface area contributed by atoms with Gasteiger partial charge in [0.25, 0.3) is 0 Å². The van der Waals surface area contributed by atoms with E-state index < -0.39 is 0 Å². The Morgan fingerprint density at radius 1 is 1.07 bits per heavy atom. The molecule has 2 heterocycles. The van der Waals surface area contributed by atoms with Crippen molar-refractivity contribution in [3.05, 3.63) is 77.0 Å². The van der Waals surface area contributed by atoms with Gasteiger partial charge in [-0.25, -0.2) is 5.01 Å². The maximum absolute atomic E-state index is 11.9. The lowest BCUT2D eigenvalue weighted by molar-refractivity contribution is -0.127. The van der Waals surface area contributed by atoms with Crippen LogP contribution in [0.25, 0.3) is 0 Å². The van der Waals surface area contributed by atoms with Crippen LogP contribution in [0.5, 0.6) is 0 Å². The number of hydrogen-bond donors (Lipinski definition) is 0. The summed E-state index contributed by atoms with van der Waals surface area (Å²) in [6.45, 7) is 4.72. The number of likely N-dealkylation sites (tertiary alicyclic amines) is 1. The summed E-state index contributed by atoms with van der Waals surface area (Å²) in [5, 5.41) is 5.45. The summed E-state index contributed by atoms with van der Waals surface area (Å²) in [5.41, 5.74) is 3.61. The first-order valence-corrected chi connectivity index (χ1v) is 10.8. The summed E-state index contributed by atoms with van der Waals surface area (Å²) in [7, 11) is 0. The lowest BCUT2D eigenvalue weighted by Gasteiger charge is -2.35. The Kier molecular flexibility index (Phi) is 6.22. The van der Waals surface area contributed by atoms with Crippen molar-refractivity contribution in [1.29, 1.82) is 0 Å². The summed E-state index contributed by atoms with van der Waals surface area (Å²) < 4.78 is 0. The summed E-state index contributed by atoms with van der Waals surface area (Å²) in [4.78, 5) is 13.9. The van der Waals surface area contributed by atoms with Crippen LogP contribution in [0.3, 0.4) is 0 Å². The highest BCUT2D eigenvalue weighted by molar-refractivity contribution is 6.31. The van der Waals surface area contributed by atoms with Crippen molar-refractivity contribution in [3.63, 3.8) is 0 Å². The predicted octanol–water partition coefficient (Wildman–Crippen LogP) is 5.25. The van der Waals surface area contributed by atoms with Gasteiger partial charge >= 0.3 is 0 Å². The van der Waals surface area contributed by atoms with Crippen LogP contribution in [0, 0.1) is 0 Å². The number of amides is 1. The smallest absolute Gasteiger partial charge is 0.222 e. The van der Waals surface area contributed by atoms with Crippen LogP contribution in [0.1, 0.15) is 38.2 Å². The summed E-state index contributed by atoms with van der Waals surface area (Å²) >= 11 is 6.48. The van der Waals surface area contributed by atoms with Gasteiger partial charge in [-0.3, -0.25) is 9.80 Å². The van der Waals surface area contributed by atoms with E-state index in [1.54, 1.807) is 0 Å². The maximum atomic E-state index is 11.9. The van der Waals surface area contributed by atoms with E-state index in [4.69, 9.17) is 11.6 Å². The quantitative estimate of drug-likeness (QED) is 0.624. The molecule has 0 spiro atoms. The maximum Gasteiger partial charge on any atom is 0.222 e. The van der Waals surface area contributed by atoms with Gasteiger partial charge in [-0.1, -0.05) is 48.0 Å². The summed E-state index contributed by atoms with van der Waals surface area (Å²) in [5.74, 6) is 0.308. The van der Waals surface area contributed by atoms with Gasteiger partial charge in [0.1, 0.15) is 0 Å². The first-order valence-electron chi connectivity index (χ1n) is 10.4. The third-order valence-corrected chi connectivity index (χ3v) is 6.24. The van der Waals surface area contributed by atoms with E-state index in [1.807, 2.05) is 29.2 Å². The molecule has 4 nitrogen and oxygen atoms in total. The molecule has 0 radical (unpaired) electrons. The fraction of sp³-hybridized carbons (Fsp3) is 0.375. The third-order valence-electron chi connectivity index (χ3n) is 5.88. The van der Waals surface area contributed by atoms with Gasteiger partial charge in [-0.15, -0.1) is 0 Å². The van der Waals surface area contributed by atoms with Crippen molar-refractivity contribution in [3.8, 4) is 0 Å². The highest BCUT2D eigenvalue weighted by Crippen LogP contribution is 2.33. The number of carbonyl (C=O) groups is 1. The number of halogens is 1. The van der Waals surface area contributed by atoms with E-state index in [-0.39, 0.29) is 0 Å². The molecule has 0 aromatic heterocycles. The number of para-hydroxylation sites is 1. The molecule has 1 unspecified atom stereocenters. The molecule has 2 aliphatic heterocycles. The zero-order valence-electron chi connectivity index (χ0n) is 16.9. The molecular formula is C24H28ClN3O. The minimum absolute atomic E-state index is 0.296. The Balaban J connectivity index is 1.52. The number of nitrogens with zero attached hydrogens (tertiary/aromatic N) is 3. The van der Waals surface area contributed by atoms with Gasteiger partial charge in [0.05, 0.1) is 11.7 Å². The highest BCUT2D eigenvalue weighted by atomic mass is 35.5. The van der Waals surface area contributed by atoms with E-state index in [2.05, 4.69) is 53.5 Å². The number of hydrazine groups is 1. The van der Waals surface area contributed by atoms with Crippen molar-refractivity contribution in [2.24, 2.45) is 0 Å². The first kappa shape index (κ1) is 20.0. The van der Waals surface area contributed by atoms with Crippen LogP contribution < -0.4 is 5.01 Å². The van der Waals surface area contributed by atoms with Crippen LogP contribution in [-0.2, 0) is 11.3 Å². The molecule has 2 aromatic rings. The molecule has 4 rings (SSSR count). The number of carbonyl (C=O) groups excluding carboxylic acids is 1. The Labute approximate surface area is 178 Å². The highest BCUT2D eigenvalue weighted by Gasteiger charge is 2.32. The Morgan fingerprint density at radius 3 is 2.55 bits per heavy atom. The molecule has 0 bridgehead atoms. The summed E-state index contributed by atoms with van der Waals surface area (Å²) in [6.07, 6.45) is 5.96. The monoisotopic (exact) mass is 409 g/mol. The van der Waals surface area contributed by atoms with Gasteiger partial charge in [0.15, 0.2) is 0 Å². The van der Waals surface area contributed by atoms with Gasteiger partial charge in [0, 0.05) is 37.3 Å². The van der Waals surface area contributed by atoms with Crippen LogP contribution >= 0.6 is 11.6 Å². The Hall–Kier alpha value is -2.30. The fourth-order valence-corrected chi connectivity index (χ4v) is 4.52. The number of anilines is 1. The van der Waals surface area contributed by atoms with Gasteiger partial charge in [-0.05, 0) is 55.5 Å². The lowest BCUT2D eigenvalue weighted by Crippen LogP contribution is -2.41. The zero-order chi connectivity index (χ0) is 20.2. The van der Waals surface area contributed by atoms with E-state index >= 15 is 0 Å². The molecule has 2 aliphatic rings. The van der Waals surface area contributed by atoms with Crippen LogP contribution in [0.4, 0.5) is 5.69 Å². The minimum Gasteiger partial charge on any atom is -0.343 e. The zero-order valence-corrected chi connectivity index (χ0v) is 17.7. The van der Waals surface area contributed by atoms with Crippen molar-refractivity contribution in [1.82, 2.24) is 9.91 Å². The van der Waals surface area contributed by atoms with Crippen molar-refractivity contribution in [2.75, 3.05) is 18.1 Å². The number of benzene rings is 2. The average Bonchev–Trinajstić information content (AvgIpc) is 3.28. The largest absolute Gasteiger partial charge is 0.343 e. The molecule has 0 aliphatic carbocycles. The molecule has 0 saturated carbocycles. The first-order chi connectivity index (χ1) is 14.1. The molecule has 1 fully saturated rings. The topological polar surface area (TPSA) is 26.8 Å². The fourth-order valence-electron chi connectivity index (χ4n) is 4.32. The standard InChI is InChI=1S/C24H28ClN3O/c1-19-17-27(21-10-3-2-4-11-21)28(18-20-9-5-6-12-22(20)25)23(19)13-7-15-26-16-8-14-24(26)29/h2-6,9-12,17,23H,7-8,13-16,18H2,1H3. The second-order valence-electron chi connectivity index (χ2n) is 7.88. The molecule has 1 amide bonds. The van der Waals surface area contributed by atoms with Crippen molar-refractivity contribution >= 4 is 23.2 Å². The average molecular weight is 410 g/mol. The van der Waals surface area contributed by atoms with Crippen molar-refractivity contribution in [2.45, 2.75) is 45.2 Å². The number of rotatable bonds is 7. The van der Waals surface area contributed by atoms with Crippen molar-refractivity contribution < 1.29 is 4.79 Å². The second-order valence-corrected chi connectivity index (χ2v) is 8.29. The lowest BCUT2D eigenvalue weighted by atomic mass is 10.0. The Bertz CT molecular complexity index is 883. The van der Waals surface area contributed by atoms with Crippen LogP contribution in [0.2, 0.25) is 5.02 Å². The van der Waals surface area contributed by atoms with E-state index in [1.165, 1.54) is 5.57 Å². The van der Waals surface area contributed by atoms with Crippen LogP contribution in [0.15, 0.2) is 66.4 Å². The number of hydrogen-bond acceptors (Lipinski definition) is 3. The molecular weight excluding hydrogens is 382 g/mol. The molecule has 2 aromatic carbocycles. The normalized spacial score (nSPS) is 19.9. The summed E-state index contributed by atoms with van der Waals surface area (Å²) in [6, 6.07) is 18.8. The molecule has 5 heteroatoms. The second kappa shape index (κ2) is 9.02. The van der Waals surface area contributed by atoms with E-state index in [0.29, 0.717) is 18.4 Å².